The Labute approximate surface area is 112 Å². The Bertz CT molecular complexity index is 222. The lowest BCUT2D eigenvalue weighted by atomic mass is 10.0. The molecule has 1 fully saturated rings. The van der Waals surface area contributed by atoms with Gasteiger partial charge in [0.25, 0.3) is 0 Å². The summed E-state index contributed by atoms with van der Waals surface area (Å²) in [5.74, 6) is 0.606. The van der Waals surface area contributed by atoms with Crippen LogP contribution in [-0.2, 0) is 4.74 Å². The first-order valence-electron chi connectivity index (χ1n) is 7.22. The van der Waals surface area contributed by atoms with Crippen molar-refractivity contribution < 1.29 is 9.84 Å². The highest BCUT2D eigenvalue weighted by atomic mass is 16.5. The van der Waals surface area contributed by atoms with E-state index in [9.17, 15) is 5.11 Å². The van der Waals surface area contributed by atoms with Crippen LogP contribution < -0.4 is 5.32 Å². The van der Waals surface area contributed by atoms with Gasteiger partial charge in [-0.15, -0.1) is 0 Å². The number of hydrogen-bond donors (Lipinski definition) is 2. The molecule has 4 nitrogen and oxygen atoms in total. The van der Waals surface area contributed by atoms with E-state index >= 15 is 0 Å². The van der Waals surface area contributed by atoms with Crippen molar-refractivity contribution in [3.63, 3.8) is 0 Å². The topological polar surface area (TPSA) is 44.7 Å². The number of morpholine rings is 1. The molecule has 2 atom stereocenters. The average Bonchev–Trinajstić information content (AvgIpc) is 2.34. The largest absolute Gasteiger partial charge is 0.395 e. The predicted molar refractivity (Wildman–Crippen MR) is 74.8 cm³/mol. The standard InChI is InChI=1S/C14H30N2O2/c1-11(2)7-13(10-17)15-8-14-9-16(12(3)4)5-6-18-14/h11-15,17H,5-10H2,1-4H3. The zero-order chi connectivity index (χ0) is 13.5. The van der Waals surface area contributed by atoms with E-state index in [1.54, 1.807) is 0 Å². The molecule has 1 aliphatic heterocycles. The van der Waals surface area contributed by atoms with E-state index in [-0.39, 0.29) is 18.8 Å². The third kappa shape index (κ3) is 5.65. The Morgan fingerprint density at radius 1 is 1.33 bits per heavy atom. The molecule has 108 valence electrons. The van der Waals surface area contributed by atoms with E-state index in [0.29, 0.717) is 12.0 Å². The molecule has 2 N–H and O–H groups in total. The summed E-state index contributed by atoms with van der Waals surface area (Å²) in [4.78, 5) is 2.45. The smallest absolute Gasteiger partial charge is 0.0826 e. The Balaban J connectivity index is 2.28. The monoisotopic (exact) mass is 258 g/mol. The quantitative estimate of drug-likeness (QED) is 0.717. The fourth-order valence-electron chi connectivity index (χ4n) is 2.42. The number of nitrogens with one attached hydrogen (secondary N) is 1. The highest BCUT2D eigenvalue weighted by molar-refractivity contribution is 4.77. The molecule has 2 unspecified atom stereocenters. The molecular formula is C14H30N2O2. The molecule has 0 aromatic rings. The predicted octanol–water partition coefficient (Wildman–Crippen LogP) is 1.09. The minimum atomic E-state index is 0.197. The van der Waals surface area contributed by atoms with Gasteiger partial charge >= 0.3 is 0 Å². The van der Waals surface area contributed by atoms with Crippen molar-refractivity contribution in [2.75, 3.05) is 32.8 Å². The molecule has 0 aromatic carbocycles. The summed E-state index contributed by atoms with van der Waals surface area (Å²) in [6.07, 6.45) is 1.26. The zero-order valence-corrected chi connectivity index (χ0v) is 12.4. The minimum absolute atomic E-state index is 0.197. The van der Waals surface area contributed by atoms with Crippen molar-refractivity contribution in [2.45, 2.75) is 52.3 Å². The fraction of sp³-hybridized carbons (Fsp3) is 1.00. The first-order chi connectivity index (χ1) is 8.52. The zero-order valence-electron chi connectivity index (χ0n) is 12.4. The molecule has 0 amide bonds. The van der Waals surface area contributed by atoms with Crippen LogP contribution in [0.4, 0.5) is 0 Å². The molecule has 4 heteroatoms. The summed E-state index contributed by atoms with van der Waals surface area (Å²) in [7, 11) is 0. The maximum Gasteiger partial charge on any atom is 0.0826 e. The Hall–Kier alpha value is -0.160. The lowest BCUT2D eigenvalue weighted by Gasteiger charge is -2.36. The molecule has 0 bridgehead atoms. The van der Waals surface area contributed by atoms with Crippen molar-refractivity contribution >= 4 is 0 Å². The molecular weight excluding hydrogens is 228 g/mol. The molecule has 0 saturated carbocycles. The second-order valence-electron chi connectivity index (χ2n) is 6.00. The van der Waals surface area contributed by atoms with Crippen LogP contribution in [0.3, 0.4) is 0 Å². The number of ether oxygens (including phenoxy) is 1. The van der Waals surface area contributed by atoms with Crippen LogP contribution in [0, 0.1) is 5.92 Å². The lowest BCUT2D eigenvalue weighted by Crippen LogP contribution is -2.50. The molecule has 0 spiro atoms. The van der Waals surface area contributed by atoms with E-state index < -0.39 is 0 Å². The van der Waals surface area contributed by atoms with Crippen LogP contribution in [0.5, 0.6) is 0 Å². The van der Waals surface area contributed by atoms with Gasteiger partial charge in [0.2, 0.25) is 0 Å². The third-order valence-corrected chi connectivity index (χ3v) is 3.51. The van der Waals surface area contributed by atoms with Crippen LogP contribution in [0.2, 0.25) is 0 Å². The molecule has 1 heterocycles. The summed E-state index contributed by atoms with van der Waals surface area (Å²) >= 11 is 0. The number of nitrogens with zero attached hydrogens (tertiary/aromatic N) is 1. The van der Waals surface area contributed by atoms with Gasteiger partial charge < -0.3 is 15.2 Å². The summed E-state index contributed by atoms with van der Waals surface area (Å²) in [5, 5.41) is 12.8. The van der Waals surface area contributed by atoms with Crippen LogP contribution in [0.25, 0.3) is 0 Å². The molecule has 1 rings (SSSR count). The van der Waals surface area contributed by atoms with Gasteiger partial charge in [-0.2, -0.15) is 0 Å². The van der Waals surface area contributed by atoms with E-state index in [2.05, 4.69) is 37.9 Å². The molecule has 0 aromatic heterocycles. The summed E-state index contributed by atoms with van der Waals surface area (Å²) in [6.45, 7) is 12.7. The fourth-order valence-corrected chi connectivity index (χ4v) is 2.42. The third-order valence-electron chi connectivity index (χ3n) is 3.51. The van der Waals surface area contributed by atoms with Gasteiger partial charge in [0, 0.05) is 31.7 Å². The van der Waals surface area contributed by atoms with E-state index in [4.69, 9.17) is 4.74 Å². The maximum absolute atomic E-state index is 9.33. The van der Waals surface area contributed by atoms with Gasteiger partial charge in [-0.3, -0.25) is 4.90 Å². The Kier molecular flexibility index (Phi) is 7.15. The van der Waals surface area contributed by atoms with Gasteiger partial charge in [0.1, 0.15) is 0 Å². The Morgan fingerprint density at radius 2 is 2.06 bits per heavy atom. The first-order valence-corrected chi connectivity index (χ1v) is 7.22. The van der Waals surface area contributed by atoms with Gasteiger partial charge in [0.15, 0.2) is 0 Å². The lowest BCUT2D eigenvalue weighted by molar-refractivity contribution is -0.0389. The maximum atomic E-state index is 9.33. The van der Waals surface area contributed by atoms with E-state index in [0.717, 1.165) is 32.7 Å². The van der Waals surface area contributed by atoms with Crippen LogP contribution >= 0.6 is 0 Å². The van der Waals surface area contributed by atoms with E-state index in [1.807, 2.05) is 0 Å². The highest BCUT2D eigenvalue weighted by Crippen LogP contribution is 2.09. The number of aliphatic hydroxyl groups is 1. The normalized spacial score (nSPS) is 23.8. The van der Waals surface area contributed by atoms with Crippen molar-refractivity contribution in [3.8, 4) is 0 Å². The van der Waals surface area contributed by atoms with E-state index in [1.165, 1.54) is 0 Å². The first kappa shape index (κ1) is 15.9. The van der Waals surface area contributed by atoms with Crippen molar-refractivity contribution in [1.82, 2.24) is 10.2 Å². The van der Waals surface area contributed by atoms with Gasteiger partial charge in [-0.05, 0) is 26.2 Å². The summed E-state index contributed by atoms with van der Waals surface area (Å²) < 4.78 is 5.77. The average molecular weight is 258 g/mol. The SMILES string of the molecule is CC(C)CC(CO)NCC1CN(C(C)C)CCO1. The van der Waals surface area contributed by atoms with Crippen LogP contribution in [-0.4, -0.2) is 61.0 Å². The van der Waals surface area contributed by atoms with Gasteiger partial charge in [-0.1, -0.05) is 13.8 Å². The van der Waals surface area contributed by atoms with Crippen molar-refractivity contribution in [2.24, 2.45) is 5.92 Å². The molecule has 0 radical (unpaired) electrons. The highest BCUT2D eigenvalue weighted by Gasteiger charge is 2.22. The van der Waals surface area contributed by atoms with Crippen LogP contribution in [0.1, 0.15) is 34.1 Å². The Morgan fingerprint density at radius 3 is 2.61 bits per heavy atom. The van der Waals surface area contributed by atoms with Crippen molar-refractivity contribution in [3.05, 3.63) is 0 Å². The number of aliphatic hydroxyl groups excluding tert-OH is 1. The van der Waals surface area contributed by atoms with Crippen LogP contribution in [0.15, 0.2) is 0 Å². The molecule has 0 aliphatic carbocycles. The second-order valence-corrected chi connectivity index (χ2v) is 6.00. The summed E-state index contributed by atoms with van der Waals surface area (Å²) in [5.41, 5.74) is 0. The molecule has 1 saturated heterocycles. The number of rotatable bonds is 7. The summed E-state index contributed by atoms with van der Waals surface area (Å²) in [6, 6.07) is 0.781. The molecule has 1 aliphatic rings. The van der Waals surface area contributed by atoms with Gasteiger partial charge in [0.05, 0.1) is 19.3 Å². The van der Waals surface area contributed by atoms with Crippen molar-refractivity contribution in [1.29, 1.82) is 0 Å². The molecule has 18 heavy (non-hydrogen) atoms. The minimum Gasteiger partial charge on any atom is -0.395 e. The number of hydrogen-bond acceptors (Lipinski definition) is 4. The van der Waals surface area contributed by atoms with Gasteiger partial charge in [-0.25, -0.2) is 0 Å². The second kappa shape index (κ2) is 8.10.